The highest BCUT2D eigenvalue weighted by atomic mass is 16.5. The van der Waals surface area contributed by atoms with Gasteiger partial charge < -0.3 is 14.6 Å². The first-order valence-corrected chi connectivity index (χ1v) is 7.29. The maximum Gasteiger partial charge on any atom is 0.240 e. The molecule has 1 fully saturated rings. The van der Waals surface area contributed by atoms with Gasteiger partial charge in [0.15, 0.2) is 0 Å². The third-order valence-electron chi connectivity index (χ3n) is 3.53. The van der Waals surface area contributed by atoms with Crippen molar-refractivity contribution >= 4 is 0 Å². The van der Waals surface area contributed by atoms with Crippen LogP contribution in [-0.4, -0.2) is 48.3 Å². The van der Waals surface area contributed by atoms with Crippen molar-refractivity contribution in [1.29, 1.82) is 0 Å². The molecule has 0 amide bonds. The molecule has 1 aromatic heterocycles. The molecule has 6 heteroatoms. The topological polar surface area (TPSA) is 63.4 Å². The lowest BCUT2D eigenvalue weighted by atomic mass is 9.88. The summed E-state index contributed by atoms with van der Waals surface area (Å²) in [6.45, 7) is 11.2. The minimum Gasteiger partial charge on any atom is -0.373 e. The molecule has 1 N–H and O–H groups in total. The summed E-state index contributed by atoms with van der Waals surface area (Å²) >= 11 is 0. The predicted molar refractivity (Wildman–Crippen MR) is 76.3 cm³/mol. The summed E-state index contributed by atoms with van der Waals surface area (Å²) < 4.78 is 10.9. The van der Waals surface area contributed by atoms with Gasteiger partial charge in [-0.3, -0.25) is 4.90 Å². The van der Waals surface area contributed by atoms with Gasteiger partial charge in [-0.2, -0.15) is 4.98 Å². The zero-order valence-corrected chi connectivity index (χ0v) is 13.0. The minimum absolute atomic E-state index is 0.0532. The van der Waals surface area contributed by atoms with E-state index in [9.17, 15) is 0 Å². The summed E-state index contributed by atoms with van der Waals surface area (Å²) in [6, 6.07) is 0. The van der Waals surface area contributed by atoms with Gasteiger partial charge in [-0.05, 0) is 24.9 Å². The Morgan fingerprint density at radius 2 is 2.15 bits per heavy atom. The SMILES string of the molecule is COC(c1noc(CN2CCCNCC2)n1)C(C)(C)C. The molecule has 1 aromatic rings. The number of rotatable bonds is 4. The molecule has 0 saturated carbocycles. The Morgan fingerprint density at radius 1 is 1.35 bits per heavy atom. The van der Waals surface area contributed by atoms with Crippen molar-refractivity contribution in [3.8, 4) is 0 Å². The van der Waals surface area contributed by atoms with Crippen molar-refractivity contribution in [3.63, 3.8) is 0 Å². The fourth-order valence-electron chi connectivity index (χ4n) is 2.54. The highest BCUT2D eigenvalue weighted by Crippen LogP contribution is 2.33. The summed E-state index contributed by atoms with van der Waals surface area (Å²) in [7, 11) is 1.69. The number of methoxy groups -OCH3 is 1. The minimum atomic E-state index is -0.147. The molecular weight excluding hydrogens is 256 g/mol. The van der Waals surface area contributed by atoms with Crippen molar-refractivity contribution in [2.24, 2.45) is 5.41 Å². The van der Waals surface area contributed by atoms with E-state index in [2.05, 4.69) is 41.1 Å². The largest absolute Gasteiger partial charge is 0.373 e. The van der Waals surface area contributed by atoms with E-state index < -0.39 is 0 Å². The van der Waals surface area contributed by atoms with Crippen molar-refractivity contribution in [2.45, 2.75) is 39.8 Å². The highest BCUT2D eigenvalue weighted by molar-refractivity contribution is 4.96. The van der Waals surface area contributed by atoms with Crippen LogP contribution in [-0.2, 0) is 11.3 Å². The lowest BCUT2D eigenvalue weighted by Gasteiger charge is -2.26. The zero-order chi connectivity index (χ0) is 14.6. The van der Waals surface area contributed by atoms with E-state index in [4.69, 9.17) is 9.26 Å². The molecule has 1 atom stereocenters. The first kappa shape index (κ1) is 15.4. The van der Waals surface area contributed by atoms with Gasteiger partial charge >= 0.3 is 0 Å². The maximum atomic E-state index is 5.52. The second kappa shape index (κ2) is 6.65. The molecule has 0 spiro atoms. The Labute approximate surface area is 120 Å². The van der Waals surface area contributed by atoms with Gasteiger partial charge in [0.2, 0.25) is 11.7 Å². The van der Waals surface area contributed by atoms with Gasteiger partial charge in [-0.1, -0.05) is 25.9 Å². The van der Waals surface area contributed by atoms with Crippen molar-refractivity contribution in [2.75, 3.05) is 33.3 Å². The van der Waals surface area contributed by atoms with Crippen LogP contribution in [0.15, 0.2) is 4.52 Å². The quantitative estimate of drug-likeness (QED) is 0.905. The highest BCUT2D eigenvalue weighted by Gasteiger charge is 2.30. The molecule has 1 aliphatic rings. The van der Waals surface area contributed by atoms with Crippen LogP contribution in [0.25, 0.3) is 0 Å². The summed E-state index contributed by atoms with van der Waals surface area (Å²) in [6.07, 6.45) is 1.01. The van der Waals surface area contributed by atoms with Crippen LogP contribution in [0.2, 0.25) is 0 Å². The van der Waals surface area contributed by atoms with Gasteiger partial charge in [0, 0.05) is 20.2 Å². The fraction of sp³-hybridized carbons (Fsp3) is 0.857. The van der Waals surface area contributed by atoms with E-state index in [-0.39, 0.29) is 11.5 Å². The summed E-state index contributed by atoms with van der Waals surface area (Å²) in [4.78, 5) is 6.85. The van der Waals surface area contributed by atoms with Crippen LogP contribution in [0.1, 0.15) is 45.0 Å². The molecule has 0 radical (unpaired) electrons. The number of hydrogen-bond acceptors (Lipinski definition) is 6. The van der Waals surface area contributed by atoms with Crippen LogP contribution in [0.4, 0.5) is 0 Å². The zero-order valence-electron chi connectivity index (χ0n) is 13.0. The first-order chi connectivity index (χ1) is 9.50. The number of hydrogen-bond donors (Lipinski definition) is 1. The molecule has 114 valence electrons. The summed E-state index contributed by atoms with van der Waals surface area (Å²) in [5.41, 5.74) is -0.0532. The van der Waals surface area contributed by atoms with Gasteiger partial charge in [-0.25, -0.2) is 0 Å². The van der Waals surface area contributed by atoms with E-state index in [1.165, 1.54) is 0 Å². The van der Waals surface area contributed by atoms with E-state index in [1.54, 1.807) is 7.11 Å². The monoisotopic (exact) mass is 282 g/mol. The normalized spacial score (nSPS) is 19.8. The molecule has 1 saturated heterocycles. The molecule has 0 aromatic carbocycles. The van der Waals surface area contributed by atoms with Crippen LogP contribution in [0.5, 0.6) is 0 Å². The summed E-state index contributed by atoms with van der Waals surface area (Å²) in [5, 5.41) is 7.48. The molecule has 1 aliphatic heterocycles. The average molecular weight is 282 g/mol. The van der Waals surface area contributed by atoms with Crippen molar-refractivity contribution in [3.05, 3.63) is 11.7 Å². The molecule has 6 nitrogen and oxygen atoms in total. The fourth-order valence-corrected chi connectivity index (χ4v) is 2.54. The van der Waals surface area contributed by atoms with E-state index >= 15 is 0 Å². The standard InChI is InChI=1S/C14H26N4O2/c1-14(2,3)12(19-4)13-16-11(20-17-13)10-18-8-5-6-15-7-9-18/h12,15H,5-10H2,1-4H3. The lowest BCUT2D eigenvalue weighted by molar-refractivity contribution is 0.00718. The van der Waals surface area contributed by atoms with Crippen molar-refractivity contribution < 1.29 is 9.26 Å². The van der Waals surface area contributed by atoms with E-state index in [1.807, 2.05) is 0 Å². The second-order valence-corrected chi connectivity index (χ2v) is 6.41. The smallest absolute Gasteiger partial charge is 0.240 e. The molecule has 0 bridgehead atoms. The van der Waals surface area contributed by atoms with Gasteiger partial charge in [-0.15, -0.1) is 0 Å². The number of nitrogens with one attached hydrogen (secondary N) is 1. The average Bonchev–Trinajstić information content (AvgIpc) is 2.65. The number of ether oxygens (including phenoxy) is 1. The van der Waals surface area contributed by atoms with Crippen molar-refractivity contribution in [1.82, 2.24) is 20.4 Å². The van der Waals surface area contributed by atoms with E-state index in [0.29, 0.717) is 11.7 Å². The van der Waals surface area contributed by atoms with Crippen LogP contribution >= 0.6 is 0 Å². The van der Waals surface area contributed by atoms with Gasteiger partial charge in [0.1, 0.15) is 6.10 Å². The molecule has 2 heterocycles. The molecule has 2 rings (SSSR count). The summed E-state index contributed by atoms with van der Waals surface area (Å²) in [5.74, 6) is 1.32. The molecule has 0 aliphatic carbocycles. The Kier molecular flexibility index (Phi) is 5.12. The van der Waals surface area contributed by atoms with Gasteiger partial charge in [0.25, 0.3) is 0 Å². The van der Waals surface area contributed by atoms with Crippen LogP contribution < -0.4 is 5.32 Å². The predicted octanol–water partition coefficient (Wildman–Crippen LogP) is 1.60. The Morgan fingerprint density at radius 3 is 2.85 bits per heavy atom. The third-order valence-corrected chi connectivity index (χ3v) is 3.53. The third kappa shape index (κ3) is 4.01. The lowest BCUT2D eigenvalue weighted by Crippen LogP contribution is -2.27. The molecule has 1 unspecified atom stereocenters. The number of aromatic nitrogens is 2. The molecule has 20 heavy (non-hydrogen) atoms. The maximum absolute atomic E-state index is 5.52. The first-order valence-electron chi connectivity index (χ1n) is 7.29. The van der Waals surface area contributed by atoms with E-state index in [0.717, 1.165) is 39.1 Å². The molecular formula is C14H26N4O2. The van der Waals surface area contributed by atoms with Gasteiger partial charge in [0.05, 0.1) is 6.54 Å². The number of nitrogens with zero attached hydrogens (tertiary/aromatic N) is 3. The Balaban J connectivity index is 2.00. The Hall–Kier alpha value is -0.980. The van der Waals surface area contributed by atoms with Crippen LogP contribution in [0, 0.1) is 5.41 Å². The Bertz CT molecular complexity index is 406. The van der Waals surface area contributed by atoms with Crippen LogP contribution in [0.3, 0.4) is 0 Å². The second-order valence-electron chi connectivity index (χ2n) is 6.41.